The van der Waals surface area contributed by atoms with Crippen LogP contribution in [0.25, 0.3) is 0 Å². The third-order valence-corrected chi connectivity index (χ3v) is 7.01. The molecule has 1 N–H and O–H groups in total. The maximum absolute atomic E-state index is 13.6. The number of anilines is 1. The van der Waals surface area contributed by atoms with E-state index in [1.807, 2.05) is 64.1 Å². The van der Waals surface area contributed by atoms with Crippen LogP contribution in [0.3, 0.4) is 0 Å². The Kier molecular flexibility index (Phi) is 10.8. The SMILES string of the molecule is CCCCNC(=O)C(CC)N(CCc1ccccc1)C(=O)CN(c1cc(C)cc(C)c1)S(C)(=O)=O. The Balaban J connectivity index is 2.35. The Morgan fingerprint density at radius 2 is 1.63 bits per heavy atom. The minimum absolute atomic E-state index is 0.209. The minimum atomic E-state index is -3.73. The van der Waals surface area contributed by atoms with Gasteiger partial charge >= 0.3 is 0 Å². The van der Waals surface area contributed by atoms with Crippen LogP contribution in [-0.4, -0.2) is 57.1 Å². The van der Waals surface area contributed by atoms with E-state index in [1.54, 1.807) is 12.1 Å². The quantitative estimate of drug-likeness (QED) is 0.423. The molecule has 7 nitrogen and oxygen atoms in total. The van der Waals surface area contributed by atoms with Crippen molar-refractivity contribution in [3.8, 4) is 0 Å². The Labute approximate surface area is 210 Å². The van der Waals surface area contributed by atoms with E-state index >= 15 is 0 Å². The molecule has 0 spiro atoms. The zero-order valence-corrected chi connectivity index (χ0v) is 22.4. The van der Waals surface area contributed by atoms with E-state index in [9.17, 15) is 18.0 Å². The van der Waals surface area contributed by atoms with Gasteiger partial charge in [-0.25, -0.2) is 8.42 Å². The van der Waals surface area contributed by atoms with Gasteiger partial charge in [0.15, 0.2) is 0 Å². The molecule has 2 aromatic carbocycles. The highest BCUT2D eigenvalue weighted by molar-refractivity contribution is 7.92. The lowest BCUT2D eigenvalue weighted by Gasteiger charge is -2.33. The number of aryl methyl sites for hydroxylation is 2. The smallest absolute Gasteiger partial charge is 0.244 e. The van der Waals surface area contributed by atoms with E-state index < -0.39 is 22.0 Å². The van der Waals surface area contributed by atoms with Gasteiger partial charge in [0.25, 0.3) is 0 Å². The fourth-order valence-corrected chi connectivity index (χ4v) is 4.94. The van der Waals surface area contributed by atoms with Gasteiger partial charge in [0, 0.05) is 13.1 Å². The number of nitrogens with zero attached hydrogens (tertiary/aromatic N) is 2. The molecule has 192 valence electrons. The number of rotatable bonds is 13. The molecule has 0 fully saturated rings. The number of hydrogen-bond acceptors (Lipinski definition) is 4. The number of amides is 2. The maximum Gasteiger partial charge on any atom is 0.244 e. The van der Waals surface area contributed by atoms with E-state index in [1.165, 1.54) is 4.90 Å². The lowest BCUT2D eigenvalue weighted by Crippen LogP contribution is -2.53. The summed E-state index contributed by atoms with van der Waals surface area (Å²) in [4.78, 5) is 28.2. The Morgan fingerprint density at radius 1 is 1.00 bits per heavy atom. The molecule has 0 aliphatic heterocycles. The van der Waals surface area contributed by atoms with Crippen molar-refractivity contribution >= 4 is 27.5 Å². The second kappa shape index (κ2) is 13.3. The average Bonchev–Trinajstić information content (AvgIpc) is 2.79. The van der Waals surface area contributed by atoms with Crippen molar-refractivity contribution in [1.29, 1.82) is 0 Å². The van der Waals surface area contributed by atoms with Gasteiger partial charge in [0.1, 0.15) is 12.6 Å². The molecule has 0 aromatic heterocycles. The van der Waals surface area contributed by atoms with Crippen LogP contribution >= 0.6 is 0 Å². The lowest BCUT2D eigenvalue weighted by molar-refractivity contribution is -0.139. The first-order valence-corrected chi connectivity index (χ1v) is 14.1. The molecule has 0 aliphatic carbocycles. The number of hydrogen-bond donors (Lipinski definition) is 1. The summed E-state index contributed by atoms with van der Waals surface area (Å²) in [7, 11) is -3.73. The highest BCUT2D eigenvalue weighted by Crippen LogP contribution is 2.22. The summed E-state index contributed by atoms with van der Waals surface area (Å²) in [6.45, 7) is 8.18. The molecule has 1 atom stereocenters. The number of unbranched alkanes of at least 4 members (excludes halogenated alkanes) is 1. The maximum atomic E-state index is 13.6. The van der Waals surface area contributed by atoms with Gasteiger partial charge in [-0.3, -0.25) is 13.9 Å². The first-order chi connectivity index (χ1) is 16.6. The summed E-state index contributed by atoms with van der Waals surface area (Å²) in [5.41, 5.74) is 3.30. The number of sulfonamides is 1. The molecule has 2 amide bonds. The van der Waals surface area contributed by atoms with Crippen LogP contribution in [-0.2, 0) is 26.0 Å². The van der Waals surface area contributed by atoms with Crippen LogP contribution in [0.5, 0.6) is 0 Å². The van der Waals surface area contributed by atoms with Crippen LogP contribution in [0.4, 0.5) is 5.69 Å². The standard InChI is InChI=1S/C27H39N3O4S/c1-6-8-15-28-27(32)25(7-2)29(16-14-23-12-10-9-11-13-23)26(31)20-30(35(5,33)34)24-18-21(3)17-22(4)19-24/h9-13,17-19,25H,6-8,14-16,20H2,1-5H3,(H,28,32). The van der Waals surface area contributed by atoms with E-state index in [-0.39, 0.29) is 12.5 Å². The van der Waals surface area contributed by atoms with Gasteiger partial charge in [0.2, 0.25) is 21.8 Å². The van der Waals surface area contributed by atoms with E-state index in [2.05, 4.69) is 5.32 Å². The van der Waals surface area contributed by atoms with Gasteiger partial charge in [-0.1, -0.05) is 56.7 Å². The Hall–Kier alpha value is -2.87. The monoisotopic (exact) mass is 501 g/mol. The van der Waals surface area contributed by atoms with Gasteiger partial charge in [0.05, 0.1) is 11.9 Å². The van der Waals surface area contributed by atoms with Crippen molar-refractivity contribution in [2.45, 2.75) is 59.4 Å². The van der Waals surface area contributed by atoms with Crippen LogP contribution in [0.15, 0.2) is 48.5 Å². The third kappa shape index (κ3) is 8.69. The molecule has 8 heteroatoms. The summed E-state index contributed by atoms with van der Waals surface area (Å²) in [5.74, 6) is -0.609. The highest BCUT2D eigenvalue weighted by atomic mass is 32.2. The molecule has 0 radical (unpaired) electrons. The summed E-state index contributed by atoms with van der Waals surface area (Å²) in [6, 6.07) is 14.5. The third-order valence-electron chi connectivity index (χ3n) is 5.87. The molecule has 35 heavy (non-hydrogen) atoms. The zero-order valence-electron chi connectivity index (χ0n) is 21.6. The first-order valence-electron chi connectivity index (χ1n) is 12.2. The molecule has 0 saturated heterocycles. The molecule has 0 heterocycles. The van der Waals surface area contributed by atoms with Crippen LogP contribution in [0.2, 0.25) is 0 Å². The topological polar surface area (TPSA) is 86.8 Å². The van der Waals surface area contributed by atoms with Crippen LogP contribution < -0.4 is 9.62 Å². The van der Waals surface area contributed by atoms with E-state index in [0.717, 1.165) is 40.1 Å². The van der Waals surface area contributed by atoms with Crippen LogP contribution in [0.1, 0.15) is 49.8 Å². The molecule has 0 saturated carbocycles. The van der Waals surface area contributed by atoms with Gasteiger partial charge in [-0.05, 0) is 61.9 Å². The number of carbonyl (C=O) groups is 2. The largest absolute Gasteiger partial charge is 0.354 e. The zero-order chi connectivity index (χ0) is 26.0. The van der Waals surface area contributed by atoms with Crippen molar-refractivity contribution in [1.82, 2.24) is 10.2 Å². The Morgan fingerprint density at radius 3 is 2.17 bits per heavy atom. The second-order valence-corrected chi connectivity index (χ2v) is 10.9. The van der Waals surface area contributed by atoms with Gasteiger partial charge in [-0.2, -0.15) is 0 Å². The molecule has 0 aliphatic rings. The predicted octanol–water partition coefficient (Wildman–Crippen LogP) is 3.84. The van der Waals surface area contributed by atoms with E-state index in [4.69, 9.17) is 0 Å². The van der Waals surface area contributed by atoms with Crippen LogP contribution in [0, 0.1) is 13.8 Å². The molecule has 1 unspecified atom stereocenters. The van der Waals surface area contributed by atoms with Crippen molar-refractivity contribution in [3.05, 3.63) is 65.2 Å². The summed E-state index contributed by atoms with van der Waals surface area (Å²) >= 11 is 0. The van der Waals surface area contributed by atoms with E-state index in [0.29, 0.717) is 31.6 Å². The van der Waals surface area contributed by atoms with Crippen molar-refractivity contribution in [2.24, 2.45) is 0 Å². The fraction of sp³-hybridized carbons (Fsp3) is 0.481. The lowest BCUT2D eigenvalue weighted by atomic mass is 10.1. The first kappa shape index (κ1) is 28.4. The highest BCUT2D eigenvalue weighted by Gasteiger charge is 2.31. The van der Waals surface area contributed by atoms with Crippen molar-refractivity contribution < 1.29 is 18.0 Å². The summed E-state index contributed by atoms with van der Waals surface area (Å²) in [6.07, 6.45) is 3.90. The number of benzene rings is 2. The van der Waals surface area contributed by atoms with Gasteiger partial charge < -0.3 is 10.2 Å². The normalized spacial score (nSPS) is 12.1. The van der Waals surface area contributed by atoms with Crippen molar-refractivity contribution in [3.63, 3.8) is 0 Å². The predicted molar refractivity (Wildman–Crippen MR) is 142 cm³/mol. The Bertz CT molecular complexity index is 1070. The molecule has 2 aromatic rings. The molecule has 2 rings (SSSR count). The summed E-state index contributed by atoms with van der Waals surface area (Å²) < 4.78 is 26.6. The van der Waals surface area contributed by atoms with Gasteiger partial charge in [-0.15, -0.1) is 0 Å². The number of nitrogens with one attached hydrogen (secondary N) is 1. The molecular formula is C27H39N3O4S. The average molecular weight is 502 g/mol. The molecular weight excluding hydrogens is 462 g/mol. The van der Waals surface area contributed by atoms with Crippen molar-refractivity contribution in [2.75, 3.05) is 30.2 Å². The summed E-state index contributed by atoms with van der Waals surface area (Å²) in [5, 5.41) is 2.93. The minimum Gasteiger partial charge on any atom is -0.354 e. The fourth-order valence-electron chi connectivity index (χ4n) is 4.11. The number of carbonyl (C=O) groups excluding carboxylic acids is 2. The second-order valence-electron chi connectivity index (χ2n) is 9.01. The molecule has 0 bridgehead atoms.